The second-order valence-electron chi connectivity index (χ2n) is 12.3. The van der Waals surface area contributed by atoms with Crippen molar-refractivity contribution in [3.05, 3.63) is 65.5 Å². The molecule has 0 amide bonds. The Morgan fingerprint density at radius 2 is 1.94 bits per heavy atom. The minimum atomic E-state index is -0.871. The van der Waals surface area contributed by atoms with Gasteiger partial charge in [-0.25, -0.2) is 0 Å². The highest BCUT2D eigenvalue weighted by atomic mass is 16.5. The van der Waals surface area contributed by atoms with Gasteiger partial charge in [0, 0.05) is 23.8 Å². The van der Waals surface area contributed by atoms with E-state index in [2.05, 4.69) is 48.3 Å². The number of ether oxygens (including phenoxy) is 1. The van der Waals surface area contributed by atoms with Gasteiger partial charge >= 0.3 is 0 Å². The Balaban J connectivity index is 1.29. The summed E-state index contributed by atoms with van der Waals surface area (Å²) in [5.74, 6) is 0.937. The molecule has 0 radical (unpaired) electrons. The van der Waals surface area contributed by atoms with Crippen molar-refractivity contribution in [1.29, 1.82) is 0 Å². The van der Waals surface area contributed by atoms with Crippen LogP contribution in [0.15, 0.2) is 60.0 Å². The van der Waals surface area contributed by atoms with Crippen molar-refractivity contribution in [2.24, 2.45) is 11.3 Å². The van der Waals surface area contributed by atoms with Crippen LogP contribution in [0.5, 0.6) is 0 Å². The first-order valence-corrected chi connectivity index (χ1v) is 13.3. The molecule has 2 spiro atoms. The van der Waals surface area contributed by atoms with Gasteiger partial charge < -0.3 is 19.8 Å². The van der Waals surface area contributed by atoms with Crippen molar-refractivity contribution in [3.63, 3.8) is 0 Å². The van der Waals surface area contributed by atoms with Gasteiger partial charge in [-0.05, 0) is 104 Å². The minimum Gasteiger partial charge on any atom is -0.388 e. The number of fused-ring (bicyclic) bond motifs is 2. The molecule has 7 rings (SSSR count). The molecular formula is C30H36N2O3. The molecule has 2 bridgehead atoms. The zero-order valence-electron chi connectivity index (χ0n) is 20.9. The number of rotatable bonds is 2. The fourth-order valence-electron chi connectivity index (χ4n) is 8.79. The molecular weight excluding hydrogens is 436 g/mol. The van der Waals surface area contributed by atoms with Crippen molar-refractivity contribution < 1.29 is 14.9 Å². The molecule has 5 heteroatoms. The average molecular weight is 473 g/mol. The molecule has 2 saturated carbocycles. The molecule has 2 N–H and O–H groups in total. The first kappa shape index (κ1) is 22.2. The summed E-state index contributed by atoms with van der Waals surface area (Å²) in [5.41, 5.74) is 2.97. The summed E-state index contributed by atoms with van der Waals surface area (Å²) in [7, 11) is 3.98. The molecule has 184 valence electrons. The normalized spacial score (nSPS) is 44.0. The minimum absolute atomic E-state index is 0.111. The maximum Gasteiger partial charge on any atom is 0.105 e. The molecule has 5 aliphatic rings. The van der Waals surface area contributed by atoms with Crippen molar-refractivity contribution in [2.75, 3.05) is 14.1 Å². The van der Waals surface area contributed by atoms with E-state index >= 15 is 0 Å². The van der Waals surface area contributed by atoms with E-state index in [1.54, 1.807) is 0 Å². The highest BCUT2D eigenvalue weighted by molar-refractivity contribution is 5.82. The van der Waals surface area contributed by atoms with E-state index in [4.69, 9.17) is 4.74 Å². The summed E-state index contributed by atoms with van der Waals surface area (Å²) in [5, 5.41) is 24.5. The Bertz CT molecular complexity index is 1270. The molecule has 8 atom stereocenters. The fourth-order valence-corrected chi connectivity index (χ4v) is 8.79. The van der Waals surface area contributed by atoms with Gasteiger partial charge in [-0.1, -0.05) is 31.2 Å². The van der Waals surface area contributed by atoms with Crippen molar-refractivity contribution >= 4 is 10.8 Å². The summed E-state index contributed by atoms with van der Waals surface area (Å²) >= 11 is 0. The fraction of sp³-hybridized carbons (Fsp3) is 0.567. The van der Waals surface area contributed by atoms with Crippen LogP contribution in [-0.4, -0.2) is 63.6 Å². The van der Waals surface area contributed by atoms with Crippen LogP contribution in [0.3, 0.4) is 0 Å². The third-order valence-electron chi connectivity index (χ3n) is 10.6. The van der Waals surface area contributed by atoms with Gasteiger partial charge in [-0.3, -0.25) is 4.98 Å². The smallest absolute Gasteiger partial charge is 0.105 e. The van der Waals surface area contributed by atoms with Crippen LogP contribution in [0.1, 0.15) is 56.9 Å². The SMILES string of the molecule is CN(C)C1C[C@@]23CC[C@@]4(O2)C(=CCC2(C)C(c5ccc6ccncc6c5)CC[C@H]24)C=C3[C@@H](O)C1O. The van der Waals surface area contributed by atoms with Crippen LogP contribution in [0, 0.1) is 11.3 Å². The number of aliphatic hydroxyl groups is 2. The Morgan fingerprint density at radius 1 is 1.09 bits per heavy atom. The van der Waals surface area contributed by atoms with Gasteiger partial charge in [-0.15, -0.1) is 0 Å². The first-order valence-electron chi connectivity index (χ1n) is 13.3. The third-order valence-corrected chi connectivity index (χ3v) is 10.6. The van der Waals surface area contributed by atoms with E-state index in [1.807, 2.05) is 31.4 Å². The Labute approximate surface area is 207 Å². The van der Waals surface area contributed by atoms with E-state index in [-0.39, 0.29) is 17.1 Å². The number of aromatic nitrogens is 1. The molecule has 1 aromatic carbocycles. The standard InChI is InChI=1S/C30H36N2O3/c1-28-10-8-21-15-23-26(33)27(34)24(32(2)3)16-29(23)11-12-30(21,35-29)25(28)7-6-22(28)19-5-4-18-9-13-31-17-20(18)14-19/h4-5,8-9,13-15,17,22,24-27,33-34H,6-7,10-12,16H2,1-3H3/t22?,24?,25-,26-,27?,28?,29-,30-/m1/s1. The predicted octanol–water partition coefficient (Wildman–Crippen LogP) is 4.35. The Morgan fingerprint density at radius 3 is 2.77 bits per heavy atom. The van der Waals surface area contributed by atoms with Crippen LogP contribution < -0.4 is 0 Å². The number of pyridine rings is 1. The number of likely N-dealkylation sites (N-methyl/N-ethyl adjacent to an activating group) is 1. The number of benzene rings is 1. The molecule has 4 unspecified atom stereocenters. The van der Waals surface area contributed by atoms with Gasteiger partial charge in [0.05, 0.1) is 17.3 Å². The number of aliphatic hydroxyl groups excluding tert-OH is 2. The lowest BCUT2D eigenvalue weighted by atomic mass is 9.58. The summed E-state index contributed by atoms with van der Waals surface area (Å²) in [4.78, 5) is 6.40. The number of allylic oxidation sites excluding steroid dienone is 1. The van der Waals surface area contributed by atoms with Crippen LogP contribution in [0.4, 0.5) is 0 Å². The monoisotopic (exact) mass is 472 g/mol. The Hall–Kier alpha value is -2.05. The molecule has 3 fully saturated rings. The Kier molecular flexibility index (Phi) is 4.60. The predicted molar refractivity (Wildman–Crippen MR) is 136 cm³/mol. The zero-order valence-corrected chi connectivity index (χ0v) is 20.9. The second kappa shape index (κ2) is 7.25. The van der Waals surface area contributed by atoms with Gasteiger partial charge in [0.1, 0.15) is 6.10 Å². The quantitative estimate of drug-likeness (QED) is 0.680. The van der Waals surface area contributed by atoms with Gasteiger partial charge in [0.2, 0.25) is 0 Å². The van der Waals surface area contributed by atoms with Gasteiger partial charge in [0.15, 0.2) is 0 Å². The largest absolute Gasteiger partial charge is 0.388 e. The first-order chi connectivity index (χ1) is 16.8. The molecule has 35 heavy (non-hydrogen) atoms. The average Bonchev–Trinajstić information content (AvgIpc) is 3.37. The van der Waals surface area contributed by atoms with Crippen molar-refractivity contribution in [2.45, 2.75) is 80.8 Å². The van der Waals surface area contributed by atoms with Gasteiger partial charge in [0.25, 0.3) is 0 Å². The molecule has 2 aromatic rings. The molecule has 3 aliphatic carbocycles. The summed E-state index contributed by atoms with van der Waals surface area (Å²) in [6.45, 7) is 2.49. The lowest BCUT2D eigenvalue weighted by Gasteiger charge is -2.56. The molecule has 1 aromatic heterocycles. The van der Waals surface area contributed by atoms with E-state index in [1.165, 1.54) is 28.3 Å². The van der Waals surface area contributed by atoms with Gasteiger partial charge in [-0.2, -0.15) is 0 Å². The maximum absolute atomic E-state index is 11.2. The van der Waals surface area contributed by atoms with E-state index in [9.17, 15) is 10.2 Å². The highest BCUT2D eigenvalue weighted by Gasteiger charge is 2.68. The van der Waals surface area contributed by atoms with Crippen molar-refractivity contribution in [3.8, 4) is 0 Å². The molecule has 5 nitrogen and oxygen atoms in total. The third kappa shape index (κ3) is 2.81. The van der Waals surface area contributed by atoms with Crippen LogP contribution in [-0.2, 0) is 4.74 Å². The van der Waals surface area contributed by atoms with Crippen LogP contribution >= 0.6 is 0 Å². The maximum atomic E-state index is 11.2. The van der Waals surface area contributed by atoms with Crippen molar-refractivity contribution in [1.82, 2.24) is 9.88 Å². The number of nitrogens with zero attached hydrogens (tertiary/aromatic N) is 2. The number of hydrogen-bond acceptors (Lipinski definition) is 5. The molecule has 3 heterocycles. The summed E-state index contributed by atoms with van der Waals surface area (Å²) in [6, 6.07) is 8.90. The summed E-state index contributed by atoms with van der Waals surface area (Å²) in [6.07, 6.45) is 12.8. The molecule has 1 saturated heterocycles. The number of hydrogen-bond donors (Lipinski definition) is 2. The lowest BCUT2D eigenvalue weighted by molar-refractivity contribution is -0.165. The van der Waals surface area contributed by atoms with E-state index in [0.717, 1.165) is 37.7 Å². The second-order valence-corrected chi connectivity index (χ2v) is 12.3. The summed E-state index contributed by atoms with van der Waals surface area (Å²) < 4.78 is 7.27. The molecule has 2 aliphatic heterocycles. The van der Waals surface area contributed by atoms with Crippen LogP contribution in [0.2, 0.25) is 0 Å². The topological polar surface area (TPSA) is 65.8 Å². The lowest BCUT2D eigenvalue weighted by Crippen LogP contribution is -2.61. The van der Waals surface area contributed by atoms with Crippen LogP contribution in [0.25, 0.3) is 10.8 Å². The zero-order chi connectivity index (χ0) is 24.2. The van der Waals surface area contributed by atoms with E-state index < -0.39 is 17.8 Å². The van der Waals surface area contributed by atoms with E-state index in [0.29, 0.717) is 11.8 Å². The highest BCUT2D eigenvalue weighted by Crippen LogP contribution is 2.69.